The molecule has 0 bridgehead atoms. The van der Waals surface area contributed by atoms with Crippen LogP contribution in [-0.2, 0) is 0 Å². The van der Waals surface area contributed by atoms with Gasteiger partial charge in [-0.3, -0.25) is 18.6 Å². The first kappa shape index (κ1) is 30.8. The molecule has 4 aliphatic rings. The molecule has 2 atom stereocenters. The van der Waals surface area contributed by atoms with Crippen LogP contribution in [0.4, 0.5) is 0 Å². The molecule has 13 aromatic rings. The van der Waals surface area contributed by atoms with Crippen molar-refractivity contribution in [3.63, 3.8) is 0 Å². The van der Waals surface area contributed by atoms with Crippen molar-refractivity contribution in [2.75, 3.05) is 0 Å². The van der Waals surface area contributed by atoms with Gasteiger partial charge in [0.1, 0.15) is 11.5 Å². The molecule has 0 radical (unpaired) electrons. The Bertz CT molecular complexity index is 4540. The molecule has 4 heterocycles. The van der Waals surface area contributed by atoms with Gasteiger partial charge in [0.05, 0.1) is 28.0 Å². The smallest absolute Gasteiger partial charge is 0.264 e. The SMILES string of the molecule is O=C1C2C=CC3=C4C2=C(C=CC4c2ccc4c5ccc6c7ccc8c9c(ccc(c%10ccc(c%11ccc3c2c%114)c5c%106)c79)c(=O)n2c3ccccc3nc82)c2nc3ccccc3n21. The maximum atomic E-state index is 14.4. The molecular formula is C56H26N4O2. The molecule has 282 valence electrons. The maximum absolute atomic E-state index is 14.4. The standard InChI is InChI=1S/C56H26N4O2/c61-55-39-23-19-35-31-15-11-27-28-12-16-32-36-20-24-40-52-38(54-58-42-6-2-4-8-44(42)60(54)56(40)62)22-18-34(50(36)52)30-14-10-26(46(28)48(30)32)25-9-13-29(47(31)45(25)27)33-17-21-37(51(39)49(33)35)53-57-41-5-1-3-7-43(41)59(53)55/h1-24,33,39H. The highest BCUT2D eigenvalue weighted by Gasteiger charge is 2.44. The van der Waals surface area contributed by atoms with Crippen LogP contribution < -0.4 is 5.56 Å². The van der Waals surface area contributed by atoms with Crippen molar-refractivity contribution in [2.45, 2.75) is 5.92 Å². The summed E-state index contributed by atoms with van der Waals surface area (Å²) < 4.78 is 3.62. The molecule has 6 nitrogen and oxygen atoms in total. The van der Waals surface area contributed by atoms with Gasteiger partial charge in [0.25, 0.3) is 5.56 Å². The predicted molar refractivity (Wildman–Crippen MR) is 251 cm³/mol. The molecular weight excluding hydrogens is 761 g/mol. The normalized spacial score (nSPS) is 18.2. The van der Waals surface area contributed by atoms with Gasteiger partial charge >= 0.3 is 0 Å². The maximum Gasteiger partial charge on any atom is 0.264 e. The highest BCUT2D eigenvalue weighted by Crippen LogP contribution is 2.58. The van der Waals surface area contributed by atoms with Crippen LogP contribution in [0.2, 0.25) is 0 Å². The van der Waals surface area contributed by atoms with Crippen LogP contribution in [0.3, 0.4) is 0 Å². The molecule has 3 aromatic heterocycles. The number of carbonyl (C=O) groups is 1. The zero-order valence-corrected chi connectivity index (χ0v) is 32.6. The fourth-order valence-corrected chi connectivity index (χ4v) is 12.9. The summed E-state index contributed by atoms with van der Waals surface area (Å²) in [6.07, 6.45) is 8.92. The van der Waals surface area contributed by atoms with Crippen molar-refractivity contribution < 1.29 is 4.79 Å². The van der Waals surface area contributed by atoms with Crippen LogP contribution in [-0.4, -0.2) is 24.8 Å². The van der Waals surface area contributed by atoms with Crippen LogP contribution in [0.1, 0.15) is 27.7 Å². The fraction of sp³-hybridized carbons (Fsp3) is 0.0357. The highest BCUT2D eigenvalue weighted by molar-refractivity contribution is 6.44. The third-order valence-electron chi connectivity index (χ3n) is 15.2. The van der Waals surface area contributed by atoms with Gasteiger partial charge in [0.15, 0.2) is 0 Å². The van der Waals surface area contributed by atoms with Crippen molar-refractivity contribution in [1.82, 2.24) is 18.9 Å². The fourth-order valence-electron chi connectivity index (χ4n) is 12.9. The Hall–Kier alpha value is -8.22. The third kappa shape index (κ3) is 3.15. The van der Waals surface area contributed by atoms with Crippen LogP contribution in [0.25, 0.3) is 125 Å². The molecule has 6 heteroatoms. The van der Waals surface area contributed by atoms with E-state index in [4.69, 9.17) is 9.97 Å². The monoisotopic (exact) mass is 786 g/mol. The lowest BCUT2D eigenvalue weighted by Crippen LogP contribution is -2.33. The van der Waals surface area contributed by atoms with E-state index in [-0.39, 0.29) is 23.3 Å². The molecule has 0 fully saturated rings. The molecule has 0 N–H and O–H groups in total. The molecule has 10 aromatic carbocycles. The minimum absolute atomic E-state index is 0.0235. The second-order valence-corrected chi connectivity index (χ2v) is 17.7. The molecule has 62 heavy (non-hydrogen) atoms. The summed E-state index contributed by atoms with van der Waals surface area (Å²) in [5.74, 6) is 0.469. The second kappa shape index (κ2) is 9.86. The van der Waals surface area contributed by atoms with E-state index in [1.54, 1.807) is 4.40 Å². The lowest BCUT2D eigenvalue weighted by molar-refractivity contribution is 0.0878. The molecule has 0 amide bonds. The number of para-hydroxylation sites is 4. The van der Waals surface area contributed by atoms with E-state index in [0.717, 1.165) is 71.4 Å². The number of nitrogens with zero attached hydrogens (tertiary/aromatic N) is 4. The molecule has 1 aliphatic heterocycles. The first-order valence-corrected chi connectivity index (χ1v) is 21.3. The van der Waals surface area contributed by atoms with Crippen molar-refractivity contribution in [3.8, 4) is 0 Å². The number of hydrogen-bond donors (Lipinski definition) is 0. The number of carbonyl (C=O) groups excluding carboxylic acids is 1. The molecule has 0 spiro atoms. The number of rotatable bonds is 0. The van der Waals surface area contributed by atoms with Crippen LogP contribution in [0.15, 0.2) is 162 Å². The first-order chi connectivity index (χ1) is 30.6. The van der Waals surface area contributed by atoms with Crippen molar-refractivity contribution in [2.24, 2.45) is 5.92 Å². The Balaban J connectivity index is 0.951. The summed E-state index contributed by atoms with van der Waals surface area (Å²) in [5.41, 5.74) is 11.2. The summed E-state index contributed by atoms with van der Waals surface area (Å²) in [7, 11) is 0. The number of imidazole rings is 2. The zero-order chi connectivity index (χ0) is 40.0. The van der Waals surface area contributed by atoms with Gasteiger partial charge in [-0.05, 0) is 134 Å². The topological polar surface area (TPSA) is 69.3 Å². The first-order valence-electron chi connectivity index (χ1n) is 21.3. The van der Waals surface area contributed by atoms with Gasteiger partial charge in [-0.25, -0.2) is 9.97 Å². The summed E-state index contributed by atoms with van der Waals surface area (Å²) >= 11 is 0. The Morgan fingerprint density at radius 3 is 1.63 bits per heavy atom. The Kier molecular flexibility index (Phi) is 4.89. The van der Waals surface area contributed by atoms with Crippen LogP contribution >= 0.6 is 0 Å². The van der Waals surface area contributed by atoms with Crippen molar-refractivity contribution in [3.05, 3.63) is 184 Å². The minimum Gasteiger partial charge on any atom is -0.273 e. The van der Waals surface area contributed by atoms with Crippen molar-refractivity contribution >= 4 is 131 Å². The van der Waals surface area contributed by atoms with E-state index in [0.29, 0.717) is 5.65 Å². The third-order valence-corrected chi connectivity index (χ3v) is 15.2. The number of allylic oxidation sites excluding steroid dienone is 8. The lowest BCUT2D eigenvalue weighted by atomic mass is 9.65. The second-order valence-electron chi connectivity index (χ2n) is 17.7. The average Bonchev–Trinajstić information content (AvgIpc) is 3.91. The average molecular weight is 787 g/mol. The number of benzene rings is 10. The van der Waals surface area contributed by atoms with Crippen LogP contribution in [0.5, 0.6) is 0 Å². The highest BCUT2D eigenvalue weighted by atomic mass is 16.2. The molecule has 2 unspecified atom stereocenters. The van der Waals surface area contributed by atoms with E-state index < -0.39 is 0 Å². The number of fused-ring (bicyclic) bond motifs is 14. The Labute approximate surface area is 349 Å². The molecule has 0 saturated carbocycles. The van der Waals surface area contributed by atoms with Gasteiger partial charge in [-0.1, -0.05) is 109 Å². The van der Waals surface area contributed by atoms with E-state index >= 15 is 0 Å². The summed E-state index contributed by atoms with van der Waals surface area (Å²) in [5, 5.41) is 18.7. The van der Waals surface area contributed by atoms with Gasteiger partial charge in [-0.15, -0.1) is 0 Å². The molecule has 0 saturated heterocycles. The van der Waals surface area contributed by atoms with Crippen LogP contribution in [0, 0.1) is 5.92 Å². The van der Waals surface area contributed by atoms with Gasteiger partial charge in [-0.2, -0.15) is 0 Å². The number of hydrogen-bond acceptors (Lipinski definition) is 4. The minimum atomic E-state index is -0.358. The zero-order valence-electron chi connectivity index (χ0n) is 32.6. The van der Waals surface area contributed by atoms with Gasteiger partial charge in [0, 0.05) is 27.6 Å². The van der Waals surface area contributed by atoms with E-state index in [9.17, 15) is 9.59 Å². The predicted octanol–water partition coefficient (Wildman–Crippen LogP) is 12.5. The molecule has 17 rings (SSSR count). The Morgan fingerprint density at radius 1 is 0.435 bits per heavy atom. The van der Waals surface area contributed by atoms with Gasteiger partial charge in [0.2, 0.25) is 5.91 Å². The van der Waals surface area contributed by atoms with Crippen molar-refractivity contribution in [1.29, 1.82) is 0 Å². The van der Waals surface area contributed by atoms with E-state index in [1.807, 2.05) is 59.2 Å². The summed E-state index contributed by atoms with van der Waals surface area (Å²) in [6.45, 7) is 0. The lowest BCUT2D eigenvalue weighted by Gasteiger charge is -2.40. The van der Waals surface area contributed by atoms with Gasteiger partial charge < -0.3 is 0 Å². The van der Waals surface area contributed by atoms with E-state index in [1.165, 1.54) is 76.1 Å². The van der Waals surface area contributed by atoms with E-state index in [2.05, 4.69) is 91.0 Å². The Morgan fingerprint density at radius 2 is 0.935 bits per heavy atom. The summed E-state index contributed by atoms with van der Waals surface area (Å²) in [4.78, 5) is 38.7. The number of aromatic nitrogens is 4. The quantitative estimate of drug-likeness (QED) is 0.113. The molecule has 3 aliphatic carbocycles. The summed E-state index contributed by atoms with van der Waals surface area (Å²) in [6, 6.07) is 43.1. The largest absolute Gasteiger partial charge is 0.273 e. The number of pyridine rings is 1.